The number of carbonyl (C=O) groups is 2. The fraction of sp³-hybridized carbons (Fsp3) is 0.333. The summed E-state index contributed by atoms with van der Waals surface area (Å²) < 4.78 is 26.4. The van der Waals surface area contributed by atoms with Gasteiger partial charge in [-0.25, -0.2) is 9.29 Å². The number of rotatable bonds is 6. The van der Waals surface area contributed by atoms with E-state index in [4.69, 9.17) is 14.7 Å². The molecule has 0 radical (unpaired) electrons. The number of nitriles is 2. The van der Waals surface area contributed by atoms with Crippen molar-refractivity contribution in [3.8, 4) is 17.9 Å². The summed E-state index contributed by atoms with van der Waals surface area (Å²) in [6.45, 7) is 2.14. The fourth-order valence-corrected chi connectivity index (χ4v) is 6.73. The smallest absolute Gasteiger partial charge is 0.240 e. The van der Waals surface area contributed by atoms with Gasteiger partial charge in [-0.05, 0) is 43.5 Å². The number of anilines is 1. The molecular formula is C30H24FN3O4. The number of hydrogen-bond donors (Lipinski definition) is 0. The van der Waals surface area contributed by atoms with E-state index >= 15 is 0 Å². The zero-order chi connectivity index (χ0) is 26.7. The molecule has 2 amide bonds. The van der Waals surface area contributed by atoms with Gasteiger partial charge < -0.3 is 9.47 Å². The molecule has 3 aliphatic heterocycles. The van der Waals surface area contributed by atoms with Gasteiger partial charge in [-0.15, -0.1) is 0 Å². The average Bonchev–Trinajstić information content (AvgIpc) is 3.54. The third-order valence-electron chi connectivity index (χ3n) is 8.53. The molecule has 3 aliphatic rings. The SMILES string of the molecule is CC[C@]12CC[C@](CCOc3ccc(C#N)c(F)c3)(O1)[C@@H]1C(=O)N(c3ccc(C#N)c4ccccc34)C(=O)[C@@H]12. The predicted octanol–water partition coefficient (Wildman–Crippen LogP) is 5.01. The highest BCUT2D eigenvalue weighted by atomic mass is 19.1. The second-order valence-corrected chi connectivity index (χ2v) is 10.2. The number of amides is 2. The van der Waals surface area contributed by atoms with E-state index in [-0.39, 0.29) is 29.7 Å². The van der Waals surface area contributed by atoms with Crippen LogP contribution in [0.4, 0.5) is 10.1 Å². The minimum Gasteiger partial charge on any atom is -0.493 e. The van der Waals surface area contributed by atoms with Crippen molar-refractivity contribution in [3.63, 3.8) is 0 Å². The highest BCUT2D eigenvalue weighted by Gasteiger charge is 2.74. The number of imide groups is 1. The average molecular weight is 510 g/mol. The second kappa shape index (κ2) is 8.65. The molecule has 4 atom stereocenters. The lowest BCUT2D eigenvalue weighted by atomic mass is 9.66. The molecule has 0 unspecified atom stereocenters. The van der Waals surface area contributed by atoms with E-state index in [0.29, 0.717) is 47.7 Å². The molecule has 3 heterocycles. The zero-order valence-electron chi connectivity index (χ0n) is 20.7. The Morgan fingerprint density at radius 3 is 2.32 bits per heavy atom. The van der Waals surface area contributed by atoms with E-state index in [0.717, 1.165) is 0 Å². The summed E-state index contributed by atoms with van der Waals surface area (Å²) in [6.07, 6.45) is 2.24. The van der Waals surface area contributed by atoms with Crippen molar-refractivity contribution in [2.75, 3.05) is 11.5 Å². The monoisotopic (exact) mass is 509 g/mol. The largest absolute Gasteiger partial charge is 0.493 e. The lowest BCUT2D eigenvalue weighted by molar-refractivity contribution is -0.132. The Bertz CT molecular complexity index is 1590. The molecule has 3 fully saturated rings. The van der Waals surface area contributed by atoms with E-state index < -0.39 is 28.9 Å². The quantitative estimate of drug-likeness (QED) is 0.433. The van der Waals surface area contributed by atoms with Gasteiger partial charge in [0.15, 0.2) is 0 Å². The normalized spacial score (nSPS) is 27.4. The number of fused-ring (bicyclic) bond motifs is 6. The van der Waals surface area contributed by atoms with Gasteiger partial charge in [-0.2, -0.15) is 10.5 Å². The first kappa shape index (κ1) is 24.1. The molecule has 0 saturated carbocycles. The molecule has 6 rings (SSSR count). The maximum atomic E-state index is 14.0. The van der Waals surface area contributed by atoms with Crippen molar-refractivity contribution in [2.24, 2.45) is 11.8 Å². The Labute approximate surface area is 219 Å². The van der Waals surface area contributed by atoms with Crippen molar-refractivity contribution in [3.05, 3.63) is 71.5 Å². The van der Waals surface area contributed by atoms with Crippen LogP contribution >= 0.6 is 0 Å². The summed E-state index contributed by atoms with van der Waals surface area (Å²) >= 11 is 0. The standard InChI is InChI=1S/C30H24FN3O4/c1-2-29-11-12-30(38-29,13-14-37-20-9-7-19(17-33)23(31)15-20)26-25(29)27(35)34(28(26)36)24-10-8-18(16-32)21-5-3-4-6-22(21)24/h3-10,15,25-26H,2,11-14H2,1H3/t25-,26+,29-,30-/m1/s1. The summed E-state index contributed by atoms with van der Waals surface area (Å²) in [5.74, 6) is -2.20. The van der Waals surface area contributed by atoms with Gasteiger partial charge in [0.05, 0.1) is 52.5 Å². The number of halogens is 1. The topological polar surface area (TPSA) is 103 Å². The van der Waals surface area contributed by atoms with Crippen molar-refractivity contribution in [2.45, 2.75) is 43.8 Å². The molecular weight excluding hydrogens is 485 g/mol. The fourth-order valence-electron chi connectivity index (χ4n) is 6.73. The van der Waals surface area contributed by atoms with Crippen LogP contribution < -0.4 is 9.64 Å². The summed E-state index contributed by atoms with van der Waals surface area (Å²) in [5, 5.41) is 19.9. The number of benzene rings is 3. The van der Waals surface area contributed by atoms with Crippen molar-refractivity contribution in [1.82, 2.24) is 0 Å². The first-order valence-electron chi connectivity index (χ1n) is 12.7. The van der Waals surface area contributed by atoms with Crippen LogP contribution in [0.5, 0.6) is 5.75 Å². The molecule has 3 aromatic carbocycles. The maximum Gasteiger partial charge on any atom is 0.240 e. The van der Waals surface area contributed by atoms with Crippen LogP contribution in [0.25, 0.3) is 10.8 Å². The summed E-state index contributed by atoms with van der Waals surface area (Å²) in [4.78, 5) is 29.3. The van der Waals surface area contributed by atoms with Gasteiger partial charge in [-0.1, -0.05) is 31.2 Å². The molecule has 3 aromatic rings. The van der Waals surface area contributed by atoms with Crippen molar-refractivity contribution in [1.29, 1.82) is 10.5 Å². The van der Waals surface area contributed by atoms with E-state index in [2.05, 4.69) is 6.07 Å². The van der Waals surface area contributed by atoms with Crippen LogP contribution in [0.3, 0.4) is 0 Å². The molecule has 0 spiro atoms. The lowest BCUT2D eigenvalue weighted by Crippen LogP contribution is -2.43. The summed E-state index contributed by atoms with van der Waals surface area (Å²) in [7, 11) is 0. The van der Waals surface area contributed by atoms with Gasteiger partial charge in [0.2, 0.25) is 11.8 Å². The molecule has 3 saturated heterocycles. The van der Waals surface area contributed by atoms with Crippen LogP contribution in [-0.2, 0) is 14.3 Å². The van der Waals surface area contributed by atoms with E-state index in [1.54, 1.807) is 18.2 Å². The van der Waals surface area contributed by atoms with Crippen molar-refractivity contribution >= 4 is 28.3 Å². The van der Waals surface area contributed by atoms with E-state index in [9.17, 15) is 19.2 Å². The number of carbonyl (C=O) groups excluding carboxylic acids is 2. The van der Waals surface area contributed by atoms with Gasteiger partial charge in [0, 0.05) is 23.3 Å². The number of nitrogens with zero attached hydrogens (tertiary/aromatic N) is 3. The van der Waals surface area contributed by atoms with Gasteiger partial charge in [0.25, 0.3) is 0 Å². The second-order valence-electron chi connectivity index (χ2n) is 10.2. The van der Waals surface area contributed by atoms with Gasteiger partial charge in [-0.3, -0.25) is 9.59 Å². The van der Waals surface area contributed by atoms with Crippen molar-refractivity contribution < 1.29 is 23.5 Å². The molecule has 0 aromatic heterocycles. The molecule has 0 aliphatic carbocycles. The predicted molar refractivity (Wildman–Crippen MR) is 135 cm³/mol. The first-order valence-corrected chi connectivity index (χ1v) is 12.7. The minimum atomic E-state index is -0.865. The molecule has 38 heavy (non-hydrogen) atoms. The summed E-state index contributed by atoms with van der Waals surface area (Å²) in [5.41, 5.74) is -0.698. The maximum absolute atomic E-state index is 14.0. The highest BCUT2D eigenvalue weighted by molar-refractivity contribution is 6.26. The molecule has 2 bridgehead atoms. The molecule has 7 nitrogen and oxygen atoms in total. The Morgan fingerprint density at radius 2 is 1.63 bits per heavy atom. The highest BCUT2D eigenvalue weighted by Crippen LogP contribution is 2.63. The number of hydrogen-bond acceptors (Lipinski definition) is 6. The number of ether oxygens (including phenoxy) is 2. The van der Waals surface area contributed by atoms with Crippen LogP contribution in [0, 0.1) is 40.3 Å². The zero-order valence-corrected chi connectivity index (χ0v) is 20.7. The van der Waals surface area contributed by atoms with Gasteiger partial charge in [0.1, 0.15) is 17.6 Å². The van der Waals surface area contributed by atoms with Gasteiger partial charge >= 0.3 is 0 Å². The third kappa shape index (κ3) is 3.27. The molecule has 8 heteroatoms. The Morgan fingerprint density at radius 1 is 0.974 bits per heavy atom. The first-order chi connectivity index (χ1) is 18.4. The Kier molecular flexibility index (Phi) is 5.48. The van der Waals surface area contributed by atoms with Crippen LogP contribution in [-0.4, -0.2) is 29.6 Å². The van der Waals surface area contributed by atoms with Crippen LogP contribution in [0.15, 0.2) is 54.6 Å². The van der Waals surface area contributed by atoms with E-state index in [1.807, 2.05) is 31.2 Å². The molecule has 0 N–H and O–H groups in total. The minimum absolute atomic E-state index is 0.0630. The summed E-state index contributed by atoms with van der Waals surface area (Å²) in [6, 6.07) is 18.6. The lowest BCUT2D eigenvalue weighted by Gasteiger charge is -2.31. The Balaban J connectivity index is 1.33. The molecule has 190 valence electrons. The van der Waals surface area contributed by atoms with Crippen LogP contribution in [0.2, 0.25) is 0 Å². The third-order valence-corrected chi connectivity index (χ3v) is 8.53. The van der Waals surface area contributed by atoms with E-state index in [1.165, 1.54) is 23.1 Å². The Hall–Kier alpha value is -4.27. The van der Waals surface area contributed by atoms with Crippen LogP contribution in [0.1, 0.15) is 43.7 Å².